The highest BCUT2D eigenvalue weighted by molar-refractivity contribution is 6.32. The Morgan fingerprint density at radius 3 is 2.72 bits per heavy atom. The lowest BCUT2D eigenvalue weighted by atomic mass is 9.84. The summed E-state index contributed by atoms with van der Waals surface area (Å²) in [6, 6.07) is 0. The van der Waals surface area contributed by atoms with Crippen LogP contribution in [0.4, 0.5) is 0 Å². The molecule has 18 heavy (non-hydrogen) atoms. The Kier molecular flexibility index (Phi) is 3.57. The summed E-state index contributed by atoms with van der Waals surface area (Å²) in [6.07, 6.45) is 5.59. The van der Waals surface area contributed by atoms with Crippen LogP contribution in [0.3, 0.4) is 0 Å². The molecule has 2 aromatic heterocycles. The van der Waals surface area contributed by atoms with E-state index in [9.17, 15) is 0 Å². The molecule has 0 fully saturated rings. The van der Waals surface area contributed by atoms with Gasteiger partial charge in [0.05, 0.1) is 0 Å². The maximum Gasteiger partial charge on any atom is 0.198 e. The lowest BCUT2D eigenvalue weighted by molar-refractivity contribution is 0.303. The molecule has 5 heteroatoms. The zero-order valence-electron chi connectivity index (χ0n) is 11.3. The van der Waals surface area contributed by atoms with E-state index >= 15 is 0 Å². The molecule has 1 atom stereocenters. The first-order chi connectivity index (χ1) is 8.37. The second kappa shape index (κ2) is 4.84. The van der Waals surface area contributed by atoms with E-state index < -0.39 is 0 Å². The normalized spacial score (nSPS) is 14.1. The molecule has 0 aliphatic carbocycles. The van der Waals surface area contributed by atoms with E-state index in [2.05, 4.69) is 42.9 Å². The van der Waals surface area contributed by atoms with Crippen LogP contribution in [0, 0.1) is 11.3 Å². The van der Waals surface area contributed by atoms with Gasteiger partial charge in [-0.3, -0.25) is 4.40 Å². The number of hydrogen-bond acceptors (Lipinski definition) is 3. The molecule has 0 saturated carbocycles. The Balaban J connectivity index is 2.20. The van der Waals surface area contributed by atoms with Crippen LogP contribution in [-0.2, 0) is 6.42 Å². The van der Waals surface area contributed by atoms with Crippen LogP contribution < -0.4 is 0 Å². The molecule has 0 amide bonds. The van der Waals surface area contributed by atoms with Gasteiger partial charge in [0, 0.05) is 18.8 Å². The third kappa shape index (κ3) is 2.99. The molecular weight excluding hydrogens is 248 g/mol. The first kappa shape index (κ1) is 13.3. The maximum atomic E-state index is 5.98. The summed E-state index contributed by atoms with van der Waals surface area (Å²) in [4.78, 5) is 4.00. The molecule has 2 heterocycles. The molecular formula is C13H19ClN4. The zero-order valence-corrected chi connectivity index (χ0v) is 12.1. The molecule has 0 saturated heterocycles. The molecule has 0 aromatic carbocycles. The zero-order chi connectivity index (χ0) is 13.3. The summed E-state index contributed by atoms with van der Waals surface area (Å²) in [5.74, 6) is 1.51. The van der Waals surface area contributed by atoms with Crippen molar-refractivity contribution in [2.24, 2.45) is 11.3 Å². The number of aromatic nitrogens is 4. The highest BCUT2D eigenvalue weighted by Crippen LogP contribution is 2.26. The van der Waals surface area contributed by atoms with Gasteiger partial charge in [-0.2, -0.15) is 0 Å². The van der Waals surface area contributed by atoms with Crippen molar-refractivity contribution in [3.63, 3.8) is 0 Å². The van der Waals surface area contributed by atoms with Crippen molar-refractivity contribution in [3.8, 4) is 0 Å². The van der Waals surface area contributed by atoms with Gasteiger partial charge in [0.2, 0.25) is 0 Å². The first-order valence-corrected chi connectivity index (χ1v) is 6.59. The van der Waals surface area contributed by atoms with Gasteiger partial charge in [-0.25, -0.2) is 4.98 Å². The second-order valence-electron chi connectivity index (χ2n) is 6.10. The highest BCUT2D eigenvalue weighted by atomic mass is 35.5. The number of hydrogen-bond donors (Lipinski definition) is 0. The minimum Gasteiger partial charge on any atom is -0.282 e. The molecule has 0 aliphatic heterocycles. The number of nitrogens with zero attached hydrogens (tertiary/aromatic N) is 4. The molecule has 0 aliphatic rings. The van der Waals surface area contributed by atoms with E-state index in [4.69, 9.17) is 11.6 Å². The predicted molar refractivity (Wildman–Crippen MR) is 72.7 cm³/mol. The van der Waals surface area contributed by atoms with Gasteiger partial charge < -0.3 is 0 Å². The predicted octanol–water partition coefficient (Wildman–Crippen LogP) is 3.39. The average Bonchev–Trinajstić information content (AvgIpc) is 2.60. The number of rotatable bonds is 3. The van der Waals surface area contributed by atoms with Gasteiger partial charge in [-0.1, -0.05) is 39.3 Å². The Labute approximate surface area is 112 Å². The van der Waals surface area contributed by atoms with Crippen LogP contribution in [0.2, 0.25) is 5.15 Å². The number of fused-ring (bicyclic) bond motifs is 1. The minimum absolute atomic E-state index is 0.332. The summed E-state index contributed by atoms with van der Waals surface area (Å²) >= 11 is 5.98. The van der Waals surface area contributed by atoms with Crippen molar-refractivity contribution in [2.45, 2.75) is 40.5 Å². The Hall–Kier alpha value is -1.16. The SMILES string of the molecule is CC(Cc1nnc2c(Cl)nccn12)CC(C)(C)C. The average molecular weight is 267 g/mol. The van der Waals surface area contributed by atoms with Crippen LogP contribution in [0.5, 0.6) is 0 Å². The summed E-state index contributed by atoms with van der Waals surface area (Å²) in [5.41, 5.74) is 0.969. The Morgan fingerprint density at radius 1 is 1.33 bits per heavy atom. The van der Waals surface area contributed by atoms with Crippen molar-refractivity contribution in [2.75, 3.05) is 0 Å². The van der Waals surface area contributed by atoms with Gasteiger partial charge in [0.1, 0.15) is 5.82 Å². The topological polar surface area (TPSA) is 43.1 Å². The van der Waals surface area contributed by atoms with Gasteiger partial charge in [-0.15, -0.1) is 10.2 Å². The summed E-state index contributed by atoms with van der Waals surface area (Å²) in [6.45, 7) is 9.01. The maximum absolute atomic E-state index is 5.98. The molecule has 4 nitrogen and oxygen atoms in total. The fourth-order valence-corrected chi connectivity index (χ4v) is 2.60. The van der Waals surface area contributed by atoms with Crippen LogP contribution in [0.1, 0.15) is 39.9 Å². The summed E-state index contributed by atoms with van der Waals surface area (Å²) < 4.78 is 1.93. The van der Waals surface area contributed by atoms with Crippen molar-refractivity contribution in [1.82, 2.24) is 19.6 Å². The standard InChI is InChI=1S/C13H19ClN4/c1-9(8-13(2,3)4)7-10-16-17-12-11(14)15-5-6-18(10)12/h5-6,9H,7-8H2,1-4H3. The quantitative estimate of drug-likeness (QED) is 0.855. The first-order valence-electron chi connectivity index (χ1n) is 6.21. The third-order valence-corrected chi connectivity index (χ3v) is 3.11. The van der Waals surface area contributed by atoms with Crippen molar-refractivity contribution in [1.29, 1.82) is 0 Å². The van der Waals surface area contributed by atoms with Crippen LogP contribution in [0.15, 0.2) is 12.4 Å². The largest absolute Gasteiger partial charge is 0.282 e. The summed E-state index contributed by atoms with van der Waals surface area (Å²) in [5, 5.41) is 8.70. The van der Waals surface area contributed by atoms with Crippen LogP contribution >= 0.6 is 11.6 Å². The second-order valence-corrected chi connectivity index (χ2v) is 6.46. The van der Waals surface area contributed by atoms with Gasteiger partial charge in [-0.05, 0) is 17.8 Å². The molecule has 98 valence electrons. The fraction of sp³-hybridized carbons (Fsp3) is 0.615. The monoisotopic (exact) mass is 266 g/mol. The van der Waals surface area contributed by atoms with Gasteiger partial charge in [0.15, 0.2) is 10.8 Å². The minimum atomic E-state index is 0.332. The van der Waals surface area contributed by atoms with E-state index in [1.165, 1.54) is 0 Å². The lowest BCUT2D eigenvalue weighted by Gasteiger charge is -2.22. The van der Waals surface area contributed by atoms with E-state index in [0.29, 0.717) is 22.1 Å². The fourth-order valence-electron chi connectivity index (χ4n) is 2.41. The van der Waals surface area contributed by atoms with E-state index in [0.717, 1.165) is 18.7 Å². The highest BCUT2D eigenvalue weighted by Gasteiger charge is 2.18. The molecule has 0 bridgehead atoms. The van der Waals surface area contributed by atoms with Crippen molar-refractivity contribution in [3.05, 3.63) is 23.4 Å². The van der Waals surface area contributed by atoms with E-state index in [1.807, 2.05) is 10.6 Å². The van der Waals surface area contributed by atoms with Crippen LogP contribution in [0.25, 0.3) is 5.65 Å². The molecule has 0 N–H and O–H groups in total. The van der Waals surface area contributed by atoms with E-state index in [1.54, 1.807) is 6.20 Å². The molecule has 0 radical (unpaired) electrons. The Morgan fingerprint density at radius 2 is 2.06 bits per heavy atom. The van der Waals surface area contributed by atoms with Crippen LogP contribution in [-0.4, -0.2) is 19.6 Å². The smallest absolute Gasteiger partial charge is 0.198 e. The molecule has 1 unspecified atom stereocenters. The van der Waals surface area contributed by atoms with Gasteiger partial charge in [0.25, 0.3) is 0 Å². The number of halogens is 1. The third-order valence-electron chi connectivity index (χ3n) is 2.85. The van der Waals surface area contributed by atoms with Crippen molar-refractivity contribution < 1.29 is 0 Å². The molecule has 2 aromatic rings. The van der Waals surface area contributed by atoms with E-state index in [-0.39, 0.29) is 0 Å². The summed E-state index contributed by atoms with van der Waals surface area (Å²) in [7, 11) is 0. The van der Waals surface area contributed by atoms with Gasteiger partial charge >= 0.3 is 0 Å². The lowest BCUT2D eigenvalue weighted by Crippen LogP contribution is -2.14. The molecule has 2 rings (SSSR count). The van der Waals surface area contributed by atoms with Crippen molar-refractivity contribution >= 4 is 17.2 Å². The molecule has 0 spiro atoms. The Bertz CT molecular complexity index is 541.